The van der Waals surface area contributed by atoms with Crippen LogP contribution in [-0.4, -0.2) is 24.1 Å². The highest BCUT2D eigenvalue weighted by Gasteiger charge is 2.16. The maximum Gasteiger partial charge on any atom is 0.128 e. The molecule has 2 aromatic heterocycles. The smallest absolute Gasteiger partial charge is 0.128 e. The van der Waals surface area contributed by atoms with Gasteiger partial charge in [0.15, 0.2) is 0 Å². The molecule has 4 nitrogen and oxygen atoms in total. The van der Waals surface area contributed by atoms with E-state index in [-0.39, 0.29) is 6.04 Å². The number of aryl methyl sites for hydroxylation is 2. The van der Waals surface area contributed by atoms with Gasteiger partial charge in [0, 0.05) is 47.4 Å². The van der Waals surface area contributed by atoms with Crippen LogP contribution in [-0.2, 0) is 6.42 Å². The molecule has 2 aromatic rings. The van der Waals surface area contributed by atoms with Gasteiger partial charge in [-0.25, -0.2) is 0 Å². The summed E-state index contributed by atoms with van der Waals surface area (Å²) in [7, 11) is 3.67. The Morgan fingerprint density at radius 1 is 1.14 bits per heavy atom. The van der Waals surface area contributed by atoms with Crippen molar-refractivity contribution in [2.24, 2.45) is 0 Å². The molecule has 0 aliphatic rings. The fourth-order valence-corrected chi connectivity index (χ4v) is 2.54. The highest BCUT2D eigenvalue weighted by Crippen LogP contribution is 2.27. The third kappa shape index (κ3) is 3.39. The number of aromatic nitrogens is 2. The van der Waals surface area contributed by atoms with Crippen molar-refractivity contribution in [2.45, 2.75) is 33.2 Å². The maximum atomic E-state index is 5.48. The molecule has 0 aliphatic heterocycles. The SMILES string of the molecule is CNC(Cc1ncc(C)c(OC)c1C)c1ccc(C)nc1. The third-order valence-corrected chi connectivity index (χ3v) is 3.83. The third-order valence-electron chi connectivity index (χ3n) is 3.83. The van der Waals surface area contributed by atoms with Crippen LogP contribution in [0, 0.1) is 20.8 Å². The number of pyridine rings is 2. The number of ether oxygens (including phenoxy) is 1. The Kier molecular flexibility index (Phi) is 4.91. The van der Waals surface area contributed by atoms with Gasteiger partial charge >= 0.3 is 0 Å². The van der Waals surface area contributed by atoms with E-state index in [1.807, 2.05) is 39.4 Å². The zero-order chi connectivity index (χ0) is 15.4. The van der Waals surface area contributed by atoms with Crippen LogP contribution in [0.25, 0.3) is 0 Å². The van der Waals surface area contributed by atoms with Crippen LogP contribution in [0.1, 0.15) is 34.1 Å². The van der Waals surface area contributed by atoms with E-state index in [9.17, 15) is 0 Å². The van der Waals surface area contributed by atoms with Gasteiger partial charge in [-0.15, -0.1) is 0 Å². The number of hydrogen-bond acceptors (Lipinski definition) is 4. The Hall–Kier alpha value is -1.94. The first-order valence-corrected chi connectivity index (χ1v) is 7.15. The van der Waals surface area contributed by atoms with E-state index >= 15 is 0 Å². The predicted molar refractivity (Wildman–Crippen MR) is 84.7 cm³/mol. The quantitative estimate of drug-likeness (QED) is 0.917. The summed E-state index contributed by atoms with van der Waals surface area (Å²) in [5.74, 6) is 0.928. The fraction of sp³-hybridized carbons (Fsp3) is 0.412. The van der Waals surface area contributed by atoms with Gasteiger partial charge < -0.3 is 10.1 Å². The lowest BCUT2D eigenvalue weighted by molar-refractivity contribution is 0.406. The number of nitrogens with zero attached hydrogens (tertiary/aromatic N) is 2. The Morgan fingerprint density at radius 3 is 2.48 bits per heavy atom. The minimum Gasteiger partial charge on any atom is -0.496 e. The van der Waals surface area contributed by atoms with E-state index in [0.717, 1.165) is 34.7 Å². The molecule has 0 saturated heterocycles. The van der Waals surface area contributed by atoms with Gasteiger partial charge in [0.25, 0.3) is 0 Å². The molecule has 2 heterocycles. The summed E-state index contributed by atoms with van der Waals surface area (Å²) in [6, 6.07) is 4.34. The first-order valence-electron chi connectivity index (χ1n) is 7.15. The number of nitrogens with one attached hydrogen (secondary N) is 1. The van der Waals surface area contributed by atoms with Crippen molar-refractivity contribution in [3.8, 4) is 5.75 Å². The molecular formula is C17H23N3O. The summed E-state index contributed by atoms with van der Waals surface area (Å²) in [5, 5.41) is 3.34. The van der Waals surface area contributed by atoms with Gasteiger partial charge in [0.05, 0.1) is 7.11 Å². The molecule has 1 atom stereocenters. The van der Waals surface area contributed by atoms with Crippen molar-refractivity contribution in [2.75, 3.05) is 14.2 Å². The van der Waals surface area contributed by atoms with Crippen molar-refractivity contribution in [3.05, 3.63) is 52.6 Å². The van der Waals surface area contributed by atoms with Crippen molar-refractivity contribution in [1.29, 1.82) is 0 Å². The molecule has 4 heteroatoms. The molecule has 112 valence electrons. The summed E-state index contributed by atoms with van der Waals surface area (Å²) < 4.78 is 5.48. The minimum atomic E-state index is 0.191. The Morgan fingerprint density at radius 2 is 1.90 bits per heavy atom. The molecule has 0 spiro atoms. The second-order valence-corrected chi connectivity index (χ2v) is 5.32. The number of methoxy groups -OCH3 is 1. The lowest BCUT2D eigenvalue weighted by Gasteiger charge is -2.19. The highest BCUT2D eigenvalue weighted by molar-refractivity contribution is 5.41. The second kappa shape index (κ2) is 6.68. The van der Waals surface area contributed by atoms with E-state index in [2.05, 4.69) is 28.3 Å². The van der Waals surface area contributed by atoms with E-state index < -0.39 is 0 Å². The lowest BCUT2D eigenvalue weighted by Crippen LogP contribution is -2.20. The highest BCUT2D eigenvalue weighted by atomic mass is 16.5. The summed E-state index contributed by atoms with van der Waals surface area (Å²) >= 11 is 0. The van der Waals surface area contributed by atoms with Crippen LogP contribution >= 0.6 is 0 Å². The molecular weight excluding hydrogens is 262 g/mol. The Labute approximate surface area is 126 Å². The molecule has 1 N–H and O–H groups in total. The fourth-order valence-electron chi connectivity index (χ4n) is 2.54. The predicted octanol–water partition coefficient (Wildman–Crippen LogP) is 2.91. The molecule has 0 fully saturated rings. The summed E-state index contributed by atoms with van der Waals surface area (Å²) in [6.07, 6.45) is 4.61. The molecule has 1 unspecified atom stereocenters. The molecule has 21 heavy (non-hydrogen) atoms. The van der Waals surface area contributed by atoms with Crippen molar-refractivity contribution in [3.63, 3.8) is 0 Å². The minimum absolute atomic E-state index is 0.191. The second-order valence-electron chi connectivity index (χ2n) is 5.32. The van der Waals surface area contributed by atoms with Gasteiger partial charge in [0.2, 0.25) is 0 Å². The van der Waals surface area contributed by atoms with Crippen LogP contribution in [0.4, 0.5) is 0 Å². The van der Waals surface area contributed by atoms with E-state index in [1.54, 1.807) is 7.11 Å². The van der Waals surface area contributed by atoms with Crippen LogP contribution in [0.2, 0.25) is 0 Å². The Balaban J connectivity index is 2.29. The molecule has 0 radical (unpaired) electrons. The topological polar surface area (TPSA) is 47.0 Å². The largest absolute Gasteiger partial charge is 0.496 e. The average Bonchev–Trinajstić information content (AvgIpc) is 2.48. The monoisotopic (exact) mass is 285 g/mol. The molecule has 0 saturated carbocycles. The summed E-state index contributed by atoms with van der Waals surface area (Å²) in [5.41, 5.74) is 5.43. The number of likely N-dealkylation sites (N-methyl/N-ethyl adjacent to an activating group) is 1. The number of rotatable bonds is 5. The van der Waals surface area contributed by atoms with Crippen molar-refractivity contribution < 1.29 is 4.74 Å². The molecule has 0 bridgehead atoms. The van der Waals surface area contributed by atoms with Gasteiger partial charge in [-0.1, -0.05) is 6.07 Å². The molecule has 2 rings (SSSR count). The van der Waals surface area contributed by atoms with Crippen LogP contribution in [0.15, 0.2) is 24.5 Å². The van der Waals surface area contributed by atoms with Gasteiger partial charge in [-0.05, 0) is 39.4 Å². The summed E-state index contributed by atoms with van der Waals surface area (Å²) in [6.45, 7) is 6.07. The van der Waals surface area contributed by atoms with Gasteiger partial charge in [0.1, 0.15) is 5.75 Å². The zero-order valence-electron chi connectivity index (χ0n) is 13.4. The van der Waals surface area contributed by atoms with E-state index in [4.69, 9.17) is 4.74 Å². The van der Waals surface area contributed by atoms with Crippen molar-refractivity contribution in [1.82, 2.24) is 15.3 Å². The van der Waals surface area contributed by atoms with Gasteiger partial charge in [-0.3, -0.25) is 9.97 Å². The van der Waals surface area contributed by atoms with Crippen LogP contribution in [0.5, 0.6) is 5.75 Å². The van der Waals surface area contributed by atoms with Crippen LogP contribution < -0.4 is 10.1 Å². The van der Waals surface area contributed by atoms with Crippen molar-refractivity contribution >= 4 is 0 Å². The standard InChI is InChI=1S/C17H23N3O/c1-11-9-20-15(13(3)17(11)21-5)8-16(18-4)14-7-6-12(2)19-10-14/h6-7,9-10,16,18H,8H2,1-5H3. The van der Waals surface area contributed by atoms with E-state index in [0.29, 0.717) is 0 Å². The zero-order valence-corrected chi connectivity index (χ0v) is 13.4. The lowest BCUT2D eigenvalue weighted by atomic mass is 10.00. The first-order chi connectivity index (χ1) is 10.1. The van der Waals surface area contributed by atoms with Crippen LogP contribution in [0.3, 0.4) is 0 Å². The normalized spacial score (nSPS) is 12.2. The van der Waals surface area contributed by atoms with E-state index in [1.165, 1.54) is 5.56 Å². The Bertz CT molecular complexity index is 608. The molecule has 0 aliphatic carbocycles. The molecule has 0 aromatic carbocycles. The number of hydrogen-bond donors (Lipinski definition) is 1. The summed E-state index contributed by atoms with van der Waals surface area (Å²) in [4.78, 5) is 8.95. The average molecular weight is 285 g/mol. The first kappa shape index (κ1) is 15.4. The maximum absolute atomic E-state index is 5.48. The van der Waals surface area contributed by atoms with Gasteiger partial charge in [-0.2, -0.15) is 0 Å². The molecule has 0 amide bonds.